The molecule has 4 rings (SSSR count). The smallest absolute Gasteiger partial charge is 0.300 e. The molecule has 3 aromatic rings. The summed E-state index contributed by atoms with van der Waals surface area (Å²) in [6.07, 6.45) is 3.19. The topological polar surface area (TPSA) is 83.2 Å². The number of anilines is 2. The van der Waals surface area contributed by atoms with Crippen LogP contribution in [0.2, 0.25) is 0 Å². The number of aliphatic hydroxyl groups excluding tert-OH is 1. The predicted octanol–water partition coefficient (Wildman–Crippen LogP) is 5.85. The summed E-state index contributed by atoms with van der Waals surface area (Å²) in [6.45, 7) is 4.55. The van der Waals surface area contributed by atoms with Crippen LogP contribution in [0.1, 0.15) is 49.3 Å². The molecule has 1 aromatic heterocycles. The Morgan fingerprint density at radius 1 is 1.00 bits per heavy atom. The van der Waals surface area contributed by atoms with Gasteiger partial charge in [0.15, 0.2) is 0 Å². The summed E-state index contributed by atoms with van der Waals surface area (Å²) in [5, 5.41) is 11.3. The number of aryl methyl sites for hydroxylation is 1. The van der Waals surface area contributed by atoms with Crippen LogP contribution in [0.3, 0.4) is 0 Å². The summed E-state index contributed by atoms with van der Waals surface area (Å²) in [6, 6.07) is 16.8. The zero-order valence-electron chi connectivity index (χ0n) is 21.2. The minimum Gasteiger partial charge on any atom is -0.507 e. The van der Waals surface area contributed by atoms with E-state index < -0.39 is 17.7 Å². The first-order valence-electron chi connectivity index (χ1n) is 12.2. The molecule has 7 nitrogen and oxygen atoms in total. The number of carbonyl (C=O) groups is 2. The fourth-order valence-corrected chi connectivity index (χ4v) is 4.29. The molecule has 0 saturated carbocycles. The molecule has 1 aliphatic rings. The third kappa shape index (κ3) is 5.00. The van der Waals surface area contributed by atoms with Gasteiger partial charge in [-0.25, -0.2) is 0 Å². The number of rotatable bonds is 9. The van der Waals surface area contributed by atoms with E-state index in [4.69, 9.17) is 9.15 Å². The molecular formula is C29H32N2O5. The van der Waals surface area contributed by atoms with Gasteiger partial charge in [0.25, 0.3) is 11.7 Å². The van der Waals surface area contributed by atoms with Crippen LogP contribution >= 0.6 is 0 Å². The van der Waals surface area contributed by atoms with Gasteiger partial charge in [-0.15, -0.1) is 0 Å². The number of amides is 1. The normalized spacial score (nSPS) is 17.0. The van der Waals surface area contributed by atoms with Crippen LogP contribution < -0.4 is 14.5 Å². The Kier molecular flexibility index (Phi) is 7.48. The van der Waals surface area contributed by atoms with Gasteiger partial charge in [-0.2, -0.15) is 0 Å². The summed E-state index contributed by atoms with van der Waals surface area (Å²) >= 11 is 0. The van der Waals surface area contributed by atoms with Crippen molar-refractivity contribution in [3.8, 4) is 5.75 Å². The highest BCUT2D eigenvalue weighted by Crippen LogP contribution is 2.43. The van der Waals surface area contributed by atoms with E-state index in [9.17, 15) is 14.7 Å². The van der Waals surface area contributed by atoms with Crippen molar-refractivity contribution >= 4 is 28.8 Å². The summed E-state index contributed by atoms with van der Waals surface area (Å²) < 4.78 is 11.6. The number of nitrogens with zero attached hydrogens (tertiary/aromatic N) is 2. The van der Waals surface area contributed by atoms with Crippen LogP contribution in [0, 0.1) is 6.92 Å². The van der Waals surface area contributed by atoms with Crippen LogP contribution in [0.25, 0.3) is 5.76 Å². The van der Waals surface area contributed by atoms with Crippen LogP contribution in [0.5, 0.6) is 5.75 Å². The highest BCUT2D eigenvalue weighted by Gasteiger charge is 2.48. The van der Waals surface area contributed by atoms with E-state index >= 15 is 0 Å². The maximum absolute atomic E-state index is 13.3. The van der Waals surface area contributed by atoms with Gasteiger partial charge < -0.3 is 19.2 Å². The van der Waals surface area contributed by atoms with Crippen LogP contribution in [0.4, 0.5) is 11.4 Å². The summed E-state index contributed by atoms with van der Waals surface area (Å²) in [7, 11) is 3.85. The molecule has 2 heterocycles. The van der Waals surface area contributed by atoms with Gasteiger partial charge in [0, 0.05) is 31.0 Å². The monoisotopic (exact) mass is 488 g/mol. The Labute approximate surface area is 211 Å². The molecule has 0 aliphatic carbocycles. The molecule has 2 aromatic carbocycles. The molecule has 7 heteroatoms. The number of hydrogen-bond donors (Lipinski definition) is 1. The number of aliphatic hydroxyl groups is 1. The number of Topliss-reactive ketones (excluding diaryl/α,β-unsaturated/α-hetero) is 1. The van der Waals surface area contributed by atoms with E-state index in [2.05, 4.69) is 6.92 Å². The maximum atomic E-state index is 13.3. The van der Waals surface area contributed by atoms with Gasteiger partial charge in [0.1, 0.15) is 29.1 Å². The van der Waals surface area contributed by atoms with Crippen LogP contribution in [-0.4, -0.2) is 37.5 Å². The second kappa shape index (κ2) is 10.7. The van der Waals surface area contributed by atoms with Crippen molar-refractivity contribution in [3.05, 3.63) is 83.3 Å². The van der Waals surface area contributed by atoms with Crippen molar-refractivity contribution in [2.45, 2.75) is 39.2 Å². The highest BCUT2D eigenvalue weighted by atomic mass is 16.5. The third-order valence-corrected chi connectivity index (χ3v) is 6.26. The fraction of sp³-hybridized carbons (Fsp3) is 0.310. The van der Waals surface area contributed by atoms with E-state index in [-0.39, 0.29) is 11.3 Å². The second-order valence-electron chi connectivity index (χ2n) is 9.11. The fourth-order valence-electron chi connectivity index (χ4n) is 4.29. The average Bonchev–Trinajstić information content (AvgIpc) is 3.42. The molecule has 1 fully saturated rings. The first kappa shape index (κ1) is 25.1. The van der Waals surface area contributed by atoms with Crippen LogP contribution in [-0.2, 0) is 9.59 Å². The van der Waals surface area contributed by atoms with Crippen molar-refractivity contribution in [2.24, 2.45) is 0 Å². The second-order valence-corrected chi connectivity index (χ2v) is 9.11. The van der Waals surface area contributed by atoms with Gasteiger partial charge in [0.05, 0.1) is 12.2 Å². The van der Waals surface area contributed by atoms with E-state index in [1.807, 2.05) is 31.1 Å². The molecular weight excluding hydrogens is 456 g/mol. The van der Waals surface area contributed by atoms with Gasteiger partial charge in [-0.1, -0.05) is 19.8 Å². The van der Waals surface area contributed by atoms with Crippen LogP contribution in [0.15, 0.2) is 70.7 Å². The Hall–Kier alpha value is -4.00. The number of ketones is 1. The Morgan fingerprint density at radius 3 is 2.28 bits per heavy atom. The number of carbonyl (C=O) groups excluding carboxylic acids is 2. The molecule has 1 N–H and O–H groups in total. The molecule has 1 amide bonds. The minimum atomic E-state index is -0.895. The number of hydrogen-bond acceptors (Lipinski definition) is 6. The lowest BCUT2D eigenvalue weighted by atomic mass is 9.99. The molecule has 0 radical (unpaired) electrons. The summed E-state index contributed by atoms with van der Waals surface area (Å²) in [5.74, 6) is -0.00390. The Balaban J connectivity index is 1.72. The lowest BCUT2D eigenvalue weighted by Crippen LogP contribution is -2.29. The van der Waals surface area contributed by atoms with Gasteiger partial charge in [0.2, 0.25) is 0 Å². The van der Waals surface area contributed by atoms with Gasteiger partial charge in [-0.05, 0) is 74.0 Å². The number of ether oxygens (including phenoxy) is 1. The molecule has 1 unspecified atom stereocenters. The summed E-state index contributed by atoms with van der Waals surface area (Å²) in [4.78, 5) is 29.8. The van der Waals surface area contributed by atoms with Gasteiger partial charge in [-0.3, -0.25) is 14.5 Å². The molecule has 0 bridgehead atoms. The van der Waals surface area contributed by atoms with E-state index in [0.717, 1.165) is 24.9 Å². The van der Waals surface area contributed by atoms with E-state index in [0.29, 0.717) is 35.1 Å². The molecule has 36 heavy (non-hydrogen) atoms. The van der Waals surface area contributed by atoms with Gasteiger partial charge >= 0.3 is 0 Å². The molecule has 188 valence electrons. The quantitative estimate of drug-likeness (QED) is 0.176. The lowest BCUT2D eigenvalue weighted by molar-refractivity contribution is -0.132. The molecule has 1 atom stereocenters. The zero-order valence-corrected chi connectivity index (χ0v) is 21.2. The van der Waals surface area contributed by atoms with Crippen molar-refractivity contribution < 1.29 is 23.8 Å². The molecule has 1 aliphatic heterocycles. The lowest BCUT2D eigenvalue weighted by Gasteiger charge is -2.24. The minimum absolute atomic E-state index is 0.0114. The first-order chi connectivity index (χ1) is 17.3. The molecule has 1 saturated heterocycles. The third-order valence-electron chi connectivity index (χ3n) is 6.26. The summed E-state index contributed by atoms with van der Waals surface area (Å²) in [5.41, 5.74) is 1.90. The Morgan fingerprint density at radius 2 is 1.69 bits per heavy atom. The first-order valence-corrected chi connectivity index (χ1v) is 12.2. The SMILES string of the molecule is CCCCCOc1ccc(/C(O)=C2/C(=O)C(=O)N(c3ccc(N(C)C)cc3)C2c2ccc(C)o2)cc1. The largest absolute Gasteiger partial charge is 0.507 e. The van der Waals surface area contributed by atoms with Crippen molar-refractivity contribution in [2.75, 3.05) is 30.5 Å². The van der Waals surface area contributed by atoms with E-state index in [1.165, 1.54) is 4.90 Å². The number of benzene rings is 2. The highest BCUT2D eigenvalue weighted by molar-refractivity contribution is 6.51. The Bertz CT molecular complexity index is 1260. The molecule has 0 spiro atoms. The van der Waals surface area contributed by atoms with Crippen molar-refractivity contribution in [1.29, 1.82) is 0 Å². The van der Waals surface area contributed by atoms with E-state index in [1.54, 1.807) is 55.5 Å². The predicted molar refractivity (Wildman–Crippen MR) is 140 cm³/mol. The average molecular weight is 489 g/mol. The number of furan rings is 1. The maximum Gasteiger partial charge on any atom is 0.300 e. The van der Waals surface area contributed by atoms with Crippen molar-refractivity contribution in [1.82, 2.24) is 0 Å². The number of unbranched alkanes of at least 4 members (excludes halogenated alkanes) is 2. The standard InChI is InChI=1S/C29H32N2O5/c1-5-6-7-18-35-23-15-9-20(10-16-23)27(32)25-26(24-17-8-19(2)36-24)31(29(34)28(25)33)22-13-11-21(12-14-22)30(3)4/h8-17,26,32H,5-7,18H2,1-4H3/b27-25-. The zero-order chi connectivity index (χ0) is 25.8. The van der Waals surface area contributed by atoms with Crippen molar-refractivity contribution in [3.63, 3.8) is 0 Å².